The molecule has 0 radical (unpaired) electrons. The molecule has 1 aromatic carbocycles. The van der Waals surface area contributed by atoms with Gasteiger partial charge in [-0.2, -0.15) is 0 Å². The lowest BCUT2D eigenvalue weighted by atomic mass is 10.3. The number of benzene rings is 1. The molecule has 0 aliphatic rings. The minimum absolute atomic E-state index is 0.0141. The summed E-state index contributed by atoms with van der Waals surface area (Å²) in [6, 6.07) is 6.62. The number of nitrogens with one attached hydrogen (secondary N) is 1. The molecule has 2 amide bonds. The van der Waals surface area contributed by atoms with Gasteiger partial charge in [-0.25, -0.2) is 8.42 Å². The van der Waals surface area contributed by atoms with Gasteiger partial charge in [0.05, 0.1) is 12.4 Å². The van der Waals surface area contributed by atoms with Crippen LogP contribution in [-0.4, -0.2) is 38.3 Å². The van der Waals surface area contributed by atoms with Crippen LogP contribution in [0.3, 0.4) is 0 Å². The number of ether oxygens (including phenoxy) is 1. The van der Waals surface area contributed by atoms with Crippen molar-refractivity contribution in [3.05, 3.63) is 24.3 Å². The molecule has 0 unspecified atom stereocenters. The molecule has 0 aliphatic heterocycles. The monoisotopic (exact) mass is 328 g/mol. The smallest absolute Gasteiger partial charge is 0.239 e. The van der Waals surface area contributed by atoms with Crippen molar-refractivity contribution in [1.82, 2.24) is 0 Å². The highest BCUT2D eigenvalue weighted by Crippen LogP contribution is 2.15. The molecular formula is C14H20N2O5S. The number of carbonyl (C=O) groups excluding carboxylic acids is 2. The Kier molecular flexibility index (Phi) is 6.84. The summed E-state index contributed by atoms with van der Waals surface area (Å²) < 4.78 is 28.7. The largest absolute Gasteiger partial charge is 0.494 e. The van der Waals surface area contributed by atoms with Crippen LogP contribution < -0.4 is 15.8 Å². The van der Waals surface area contributed by atoms with Crippen LogP contribution in [0.4, 0.5) is 5.69 Å². The Hall–Kier alpha value is -2.09. The number of hydrogen-bond acceptors (Lipinski definition) is 5. The van der Waals surface area contributed by atoms with Crippen molar-refractivity contribution >= 4 is 27.3 Å². The third-order valence-corrected chi connectivity index (χ3v) is 4.29. The number of amides is 2. The quantitative estimate of drug-likeness (QED) is 0.692. The zero-order chi connectivity index (χ0) is 16.6. The summed E-state index contributed by atoms with van der Waals surface area (Å²) in [5.74, 6) is -1.39. The second-order valence-corrected chi connectivity index (χ2v) is 6.85. The Balaban J connectivity index is 2.49. The normalized spacial score (nSPS) is 11.0. The third kappa shape index (κ3) is 7.07. The summed E-state index contributed by atoms with van der Waals surface area (Å²) in [4.78, 5) is 22.3. The topological polar surface area (TPSA) is 116 Å². The fourth-order valence-electron chi connectivity index (χ4n) is 1.74. The summed E-state index contributed by atoms with van der Waals surface area (Å²) in [5, 5.41) is 2.50. The standard InChI is InChI=1S/C14H20N2O5S/c1-2-21-12-7-5-11(6-8-12)16-14(18)10-22(19,20)9-3-4-13(15)17/h5-8H,2-4,9-10H2,1H3,(H2,15,17)(H,16,18). The maximum absolute atomic E-state index is 11.7. The lowest BCUT2D eigenvalue weighted by Crippen LogP contribution is -2.25. The fourth-order valence-corrected chi connectivity index (χ4v) is 2.94. The van der Waals surface area contributed by atoms with Crippen molar-refractivity contribution in [2.45, 2.75) is 19.8 Å². The zero-order valence-electron chi connectivity index (χ0n) is 12.4. The first-order chi connectivity index (χ1) is 10.3. The van der Waals surface area contributed by atoms with Gasteiger partial charge in [0.15, 0.2) is 9.84 Å². The number of nitrogens with two attached hydrogens (primary N) is 1. The Bertz CT molecular complexity index is 611. The van der Waals surface area contributed by atoms with Crippen LogP contribution in [0.5, 0.6) is 5.75 Å². The average molecular weight is 328 g/mol. The Labute approximate surface area is 129 Å². The second-order valence-electron chi connectivity index (χ2n) is 4.67. The predicted octanol–water partition coefficient (Wildman–Crippen LogP) is 0.704. The summed E-state index contributed by atoms with van der Waals surface area (Å²) in [6.07, 6.45) is 0.105. The van der Waals surface area contributed by atoms with Crippen LogP contribution in [0.2, 0.25) is 0 Å². The molecule has 0 heterocycles. The van der Waals surface area contributed by atoms with Crippen LogP contribution in [0, 0.1) is 0 Å². The first-order valence-electron chi connectivity index (χ1n) is 6.84. The molecule has 22 heavy (non-hydrogen) atoms. The molecule has 1 aromatic rings. The number of rotatable bonds is 9. The van der Waals surface area contributed by atoms with Crippen LogP contribution in [-0.2, 0) is 19.4 Å². The van der Waals surface area contributed by atoms with E-state index in [1.165, 1.54) is 0 Å². The van der Waals surface area contributed by atoms with Gasteiger partial charge < -0.3 is 15.8 Å². The number of carbonyl (C=O) groups is 2. The van der Waals surface area contributed by atoms with Gasteiger partial charge in [0, 0.05) is 12.1 Å². The third-order valence-electron chi connectivity index (χ3n) is 2.68. The Morgan fingerprint density at radius 3 is 2.41 bits per heavy atom. The minimum atomic E-state index is -3.56. The molecule has 0 spiro atoms. The van der Waals surface area contributed by atoms with Gasteiger partial charge in [-0.3, -0.25) is 9.59 Å². The number of hydrogen-bond donors (Lipinski definition) is 2. The maximum atomic E-state index is 11.7. The molecule has 0 saturated heterocycles. The SMILES string of the molecule is CCOc1ccc(NC(=O)CS(=O)(=O)CCCC(N)=O)cc1. The van der Waals surface area contributed by atoms with Gasteiger partial charge in [0.2, 0.25) is 11.8 Å². The van der Waals surface area contributed by atoms with E-state index in [2.05, 4.69) is 5.32 Å². The second kappa shape index (κ2) is 8.38. The van der Waals surface area contributed by atoms with Crippen molar-refractivity contribution in [3.8, 4) is 5.75 Å². The summed E-state index contributed by atoms with van der Waals surface area (Å²) in [6.45, 7) is 2.40. The molecule has 122 valence electrons. The molecule has 0 saturated carbocycles. The molecule has 0 fully saturated rings. The highest BCUT2D eigenvalue weighted by Gasteiger charge is 2.17. The summed E-state index contributed by atoms with van der Waals surface area (Å²) in [7, 11) is -3.56. The van der Waals surface area contributed by atoms with Gasteiger partial charge >= 0.3 is 0 Å². The fraction of sp³-hybridized carbons (Fsp3) is 0.429. The van der Waals surface area contributed by atoms with Crippen molar-refractivity contribution in [1.29, 1.82) is 0 Å². The van der Waals surface area contributed by atoms with Crippen molar-refractivity contribution in [3.63, 3.8) is 0 Å². The number of sulfone groups is 1. The molecule has 8 heteroatoms. The number of anilines is 1. The van der Waals surface area contributed by atoms with E-state index < -0.39 is 27.4 Å². The highest BCUT2D eigenvalue weighted by atomic mass is 32.2. The van der Waals surface area contributed by atoms with E-state index in [0.29, 0.717) is 18.0 Å². The predicted molar refractivity (Wildman–Crippen MR) is 83.3 cm³/mol. The average Bonchev–Trinajstić information content (AvgIpc) is 2.39. The molecule has 0 bridgehead atoms. The highest BCUT2D eigenvalue weighted by molar-refractivity contribution is 7.92. The van der Waals surface area contributed by atoms with E-state index >= 15 is 0 Å². The van der Waals surface area contributed by atoms with Crippen LogP contribution in [0.25, 0.3) is 0 Å². The van der Waals surface area contributed by atoms with Crippen LogP contribution in [0.15, 0.2) is 24.3 Å². The molecule has 3 N–H and O–H groups in total. The van der Waals surface area contributed by atoms with Gasteiger partial charge in [-0.05, 0) is 37.6 Å². The van der Waals surface area contributed by atoms with E-state index in [1.807, 2.05) is 6.92 Å². The van der Waals surface area contributed by atoms with E-state index in [9.17, 15) is 18.0 Å². The van der Waals surface area contributed by atoms with Crippen LogP contribution >= 0.6 is 0 Å². The lowest BCUT2D eigenvalue weighted by Gasteiger charge is -2.07. The zero-order valence-corrected chi connectivity index (χ0v) is 13.2. The summed E-state index contributed by atoms with van der Waals surface area (Å²) >= 11 is 0. The lowest BCUT2D eigenvalue weighted by molar-refractivity contribution is -0.118. The van der Waals surface area contributed by atoms with E-state index in [1.54, 1.807) is 24.3 Å². The Morgan fingerprint density at radius 2 is 1.86 bits per heavy atom. The van der Waals surface area contributed by atoms with E-state index in [4.69, 9.17) is 10.5 Å². The van der Waals surface area contributed by atoms with Crippen molar-refractivity contribution in [2.24, 2.45) is 5.73 Å². The molecule has 1 rings (SSSR count). The van der Waals surface area contributed by atoms with Crippen molar-refractivity contribution in [2.75, 3.05) is 23.4 Å². The summed E-state index contributed by atoms with van der Waals surface area (Å²) in [5.41, 5.74) is 5.42. The van der Waals surface area contributed by atoms with E-state index in [-0.39, 0.29) is 18.6 Å². The first-order valence-corrected chi connectivity index (χ1v) is 8.66. The van der Waals surface area contributed by atoms with Gasteiger partial charge in [-0.15, -0.1) is 0 Å². The van der Waals surface area contributed by atoms with E-state index in [0.717, 1.165) is 0 Å². The maximum Gasteiger partial charge on any atom is 0.239 e. The molecule has 0 atom stereocenters. The molecule has 0 aromatic heterocycles. The first kappa shape index (κ1) is 18.0. The van der Waals surface area contributed by atoms with Crippen molar-refractivity contribution < 1.29 is 22.7 Å². The number of primary amides is 1. The molecule has 7 nitrogen and oxygen atoms in total. The Morgan fingerprint density at radius 1 is 1.23 bits per heavy atom. The molecule has 0 aliphatic carbocycles. The van der Waals surface area contributed by atoms with Gasteiger partial charge in [0.25, 0.3) is 0 Å². The van der Waals surface area contributed by atoms with Crippen LogP contribution in [0.1, 0.15) is 19.8 Å². The van der Waals surface area contributed by atoms with Gasteiger partial charge in [-0.1, -0.05) is 0 Å². The minimum Gasteiger partial charge on any atom is -0.494 e. The molecular weight excluding hydrogens is 308 g/mol. The van der Waals surface area contributed by atoms with Gasteiger partial charge in [0.1, 0.15) is 11.5 Å².